The Kier molecular flexibility index (Phi) is 1.95. The molecule has 7 nitrogen and oxygen atoms in total. The van der Waals surface area contributed by atoms with E-state index in [4.69, 9.17) is 5.53 Å². The number of rotatable bonds is 0. The lowest BCUT2D eigenvalue weighted by molar-refractivity contribution is -0.136. The fourth-order valence-corrected chi connectivity index (χ4v) is 0.893. The molecule has 13 heavy (non-hydrogen) atoms. The van der Waals surface area contributed by atoms with Gasteiger partial charge >= 0.3 is 23.6 Å². The van der Waals surface area contributed by atoms with Crippen molar-refractivity contribution in [2.24, 2.45) is 0 Å². The molecule has 0 radical (unpaired) electrons. The van der Waals surface area contributed by atoms with Gasteiger partial charge in [-0.2, -0.15) is 4.79 Å². The van der Waals surface area contributed by atoms with Gasteiger partial charge in [0, 0.05) is 14.1 Å². The average molecular weight is 182 g/mol. The zero-order valence-corrected chi connectivity index (χ0v) is 7.01. The minimum atomic E-state index is -0.907. The molecule has 4 amide bonds. The van der Waals surface area contributed by atoms with Crippen LogP contribution in [0.3, 0.4) is 0 Å². The first-order chi connectivity index (χ1) is 6.00. The second kappa shape index (κ2) is 2.80. The molecule has 1 rings (SSSR count). The van der Waals surface area contributed by atoms with E-state index >= 15 is 0 Å². The highest BCUT2D eigenvalue weighted by Crippen LogP contribution is 2.04. The molecule has 0 aromatic carbocycles. The fraction of sp³-hybridized carbons (Fsp3) is 0.333. The normalized spacial score (nSPS) is 18.0. The van der Waals surface area contributed by atoms with Gasteiger partial charge in [0.05, 0.1) is 0 Å². The Balaban J connectivity index is 3.22. The lowest BCUT2D eigenvalue weighted by Gasteiger charge is -2.23. The lowest BCUT2D eigenvalue weighted by Crippen LogP contribution is -2.57. The second-order valence-electron chi connectivity index (χ2n) is 2.46. The van der Waals surface area contributed by atoms with Crippen LogP contribution in [0.2, 0.25) is 0 Å². The molecule has 0 aromatic heterocycles. The first-order valence-electron chi connectivity index (χ1n) is 3.32. The van der Waals surface area contributed by atoms with Crippen LogP contribution in [0.25, 0.3) is 5.53 Å². The maximum atomic E-state index is 11.1. The zero-order valence-electron chi connectivity index (χ0n) is 7.01. The summed E-state index contributed by atoms with van der Waals surface area (Å²) < 4.78 is 0. The molecule has 1 aliphatic heterocycles. The van der Waals surface area contributed by atoms with E-state index in [1.807, 2.05) is 0 Å². The van der Waals surface area contributed by atoms with Gasteiger partial charge in [-0.3, -0.25) is 19.4 Å². The predicted octanol–water partition coefficient (Wildman–Crippen LogP) is -1.29. The van der Waals surface area contributed by atoms with Crippen molar-refractivity contribution >= 4 is 23.6 Å². The molecule has 0 saturated carbocycles. The lowest BCUT2D eigenvalue weighted by atomic mass is 10.2. The molecule has 1 fully saturated rings. The summed E-state index contributed by atoms with van der Waals surface area (Å²) in [7, 11) is 2.39. The maximum absolute atomic E-state index is 11.1. The summed E-state index contributed by atoms with van der Waals surface area (Å²) in [5.74, 6) is -1.81. The number of barbiturate groups is 1. The third-order valence-corrected chi connectivity index (χ3v) is 1.69. The van der Waals surface area contributed by atoms with Gasteiger partial charge in [0.2, 0.25) is 0 Å². The zero-order chi connectivity index (χ0) is 10.2. The van der Waals surface area contributed by atoms with E-state index in [-0.39, 0.29) is 0 Å². The number of urea groups is 1. The highest BCUT2D eigenvalue weighted by molar-refractivity contribution is 6.66. The molecule has 0 unspecified atom stereocenters. The van der Waals surface area contributed by atoms with Crippen molar-refractivity contribution in [3.8, 4) is 0 Å². The molecule has 7 heteroatoms. The summed E-state index contributed by atoms with van der Waals surface area (Å²) in [6.45, 7) is 0. The van der Waals surface area contributed by atoms with Crippen molar-refractivity contribution in [3.05, 3.63) is 5.53 Å². The van der Waals surface area contributed by atoms with E-state index in [9.17, 15) is 14.4 Å². The maximum Gasteiger partial charge on any atom is 0.444 e. The van der Waals surface area contributed by atoms with Crippen LogP contribution in [0, 0.1) is 0 Å². The van der Waals surface area contributed by atoms with Crippen LogP contribution in [0.4, 0.5) is 4.79 Å². The van der Waals surface area contributed by atoms with Gasteiger partial charge in [-0.15, -0.1) is 0 Å². The van der Waals surface area contributed by atoms with Crippen molar-refractivity contribution < 1.29 is 19.2 Å². The molecule has 0 aliphatic carbocycles. The van der Waals surface area contributed by atoms with Gasteiger partial charge in [-0.1, -0.05) is 0 Å². The number of carbonyl (C=O) groups excluding carboxylic acids is 3. The SMILES string of the molecule is CN1C(=O)C(=[N+]=[N-])C(=O)N(C)C1=O. The van der Waals surface area contributed by atoms with Crippen LogP contribution < -0.4 is 0 Å². The fourth-order valence-electron chi connectivity index (χ4n) is 0.893. The van der Waals surface area contributed by atoms with Gasteiger partial charge in [-0.25, -0.2) is 4.79 Å². The molecule has 0 atom stereocenters. The van der Waals surface area contributed by atoms with Crippen LogP contribution in [-0.4, -0.2) is 52.2 Å². The molecule has 0 spiro atoms. The number of amides is 4. The summed E-state index contributed by atoms with van der Waals surface area (Å²) in [4.78, 5) is 37.2. The number of hydrogen-bond donors (Lipinski definition) is 0. The Morgan fingerprint density at radius 1 is 1.08 bits per heavy atom. The largest absolute Gasteiger partial charge is 0.444 e. The number of hydrogen-bond acceptors (Lipinski definition) is 3. The van der Waals surface area contributed by atoms with Crippen LogP contribution in [0.15, 0.2) is 0 Å². The van der Waals surface area contributed by atoms with Crippen molar-refractivity contribution in [3.63, 3.8) is 0 Å². The topological polar surface area (TPSA) is 94.1 Å². The summed E-state index contributed by atoms with van der Waals surface area (Å²) in [5, 5.41) is 0. The quantitative estimate of drug-likeness (QED) is 0.344. The minimum Gasteiger partial charge on any atom is -0.360 e. The highest BCUT2D eigenvalue weighted by atomic mass is 16.2. The standard InChI is InChI=1S/C6H6N4O3/c1-9-4(11)3(8-7)5(12)10(2)6(9)13/h1-2H3. The van der Waals surface area contributed by atoms with Gasteiger partial charge in [0.15, 0.2) is 0 Å². The Morgan fingerprint density at radius 3 is 1.77 bits per heavy atom. The van der Waals surface area contributed by atoms with Crippen LogP contribution in [-0.2, 0) is 9.59 Å². The smallest absolute Gasteiger partial charge is 0.360 e. The molecular formula is C6H6N4O3. The predicted molar refractivity (Wildman–Crippen MR) is 39.6 cm³/mol. The van der Waals surface area contributed by atoms with Crippen LogP contribution >= 0.6 is 0 Å². The van der Waals surface area contributed by atoms with Crippen LogP contribution in [0.1, 0.15) is 0 Å². The Hall–Kier alpha value is -2.01. The van der Waals surface area contributed by atoms with E-state index in [0.29, 0.717) is 9.80 Å². The number of carbonyl (C=O) groups is 3. The van der Waals surface area contributed by atoms with Crippen molar-refractivity contribution in [1.82, 2.24) is 9.80 Å². The molecule has 1 aliphatic rings. The van der Waals surface area contributed by atoms with Gasteiger partial charge in [-0.05, 0) is 0 Å². The minimum absolute atomic E-state index is 0.662. The van der Waals surface area contributed by atoms with E-state index in [0.717, 1.165) is 0 Å². The highest BCUT2D eigenvalue weighted by Gasteiger charge is 2.45. The number of nitrogens with zero attached hydrogens (tertiary/aromatic N) is 4. The van der Waals surface area contributed by atoms with Crippen molar-refractivity contribution in [1.29, 1.82) is 0 Å². The monoisotopic (exact) mass is 182 g/mol. The third kappa shape index (κ3) is 1.11. The average Bonchev–Trinajstić information content (AvgIpc) is 2.13. The summed E-state index contributed by atoms with van der Waals surface area (Å²) >= 11 is 0. The molecule has 0 bridgehead atoms. The van der Waals surface area contributed by atoms with E-state index in [1.54, 1.807) is 0 Å². The van der Waals surface area contributed by atoms with Gasteiger partial charge in [0.25, 0.3) is 0 Å². The second-order valence-corrected chi connectivity index (χ2v) is 2.46. The molecule has 0 N–H and O–H groups in total. The third-order valence-electron chi connectivity index (χ3n) is 1.69. The first kappa shape index (κ1) is 9.08. The molecular weight excluding hydrogens is 176 g/mol. The Morgan fingerprint density at radius 2 is 1.46 bits per heavy atom. The van der Waals surface area contributed by atoms with Crippen molar-refractivity contribution in [2.45, 2.75) is 0 Å². The van der Waals surface area contributed by atoms with Gasteiger partial charge < -0.3 is 5.53 Å². The Labute approximate surface area is 73.1 Å². The Bertz CT molecular complexity index is 329. The summed E-state index contributed by atoms with van der Waals surface area (Å²) in [6, 6.07) is -0.748. The first-order valence-corrected chi connectivity index (χ1v) is 3.32. The van der Waals surface area contributed by atoms with Crippen molar-refractivity contribution in [2.75, 3.05) is 14.1 Å². The molecule has 1 heterocycles. The van der Waals surface area contributed by atoms with E-state index in [1.165, 1.54) is 14.1 Å². The molecule has 1 saturated heterocycles. The molecule has 68 valence electrons. The number of imide groups is 2. The van der Waals surface area contributed by atoms with E-state index < -0.39 is 23.6 Å². The van der Waals surface area contributed by atoms with Crippen LogP contribution in [0.5, 0.6) is 0 Å². The summed E-state index contributed by atoms with van der Waals surface area (Å²) in [5.41, 5.74) is 7.67. The molecule has 0 aromatic rings. The van der Waals surface area contributed by atoms with Gasteiger partial charge in [0.1, 0.15) is 0 Å². The van der Waals surface area contributed by atoms with E-state index in [2.05, 4.69) is 4.79 Å². The summed E-state index contributed by atoms with van der Waals surface area (Å²) in [6.07, 6.45) is 0.